The van der Waals surface area contributed by atoms with Gasteiger partial charge in [0, 0.05) is 6.04 Å². The van der Waals surface area contributed by atoms with Crippen LogP contribution in [-0.4, -0.2) is 34.4 Å². The van der Waals surface area contributed by atoms with Crippen LogP contribution in [0.2, 0.25) is 0 Å². The van der Waals surface area contributed by atoms with Gasteiger partial charge in [-0.25, -0.2) is 4.98 Å². The van der Waals surface area contributed by atoms with Gasteiger partial charge < -0.3 is 10.1 Å². The molecule has 1 saturated carbocycles. The minimum atomic E-state index is -0.182. The van der Waals surface area contributed by atoms with Crippen molar-refractivity contribution in [3.8, 4) is 11.4 Å². The molecule has 0 spiro atoms. The fraction of sp³-hybridized carbons (Fsp3) is 0.318. The summed E-state index contributed by atoms with van der Waals surface area (Å²) in [6.45, 7) is 0. The van der Waals surface area contributed by atoms with Crippen LogP contribution < -0.4 is 15.6 Å². The van der Waals surface area contributed by atoms with Gasteiger partial charge in [-0.1, -0.05) is 48.9 Å². The van der Waals surface area contributed by atoms with Crippen LogP contribution in [0.25, 0.3) is 16.6 Å². The number of aromatic nitrogens is 2. The molecule has 0 atom stereocenters. The van der Waals surface area contributed by atoms with Crippen LogP contribution in [0.4, 0.5) is 0 Å². The molecule has 1 fully saturated rings. The Morgan fingerprint density at radius 2 is 1.90 bits per heavy atom. The molecule has 0 aliphatic heterocycles. The van der Waals surface area contributed by atoms with Crippen molar-refractivity contribution in [1.29, 1.82) is 0 Å². The maximum absolute atomic E-state index is 13.3. The number of hydrogen-bond acceptors (Lipinski definition) is 5. The maximum Gasteiger partial charge on any atom is 0.266 e. The Morgan fingerprint density at radius 1 is 1.17 bits per heavy atom. The molecule has 6 nitrogen and oxygen atoms in total. The Kier molecular flexibility index (Phi) is 5.85. The standard InChI is InChI=1S/C22H23N3O3S/c1-28-19-13-7-6-12-18(19)25-21(27)16-10-4-5-11-17(16)24-22(25)29-14-20(26)23-15-8-2-3-9-15/h4-7,10-13,15H,2-3,8-9,14H2,1H3,(H,23,26). The predicted octanol–water partition coefficient (Wildman–Crippen LogP) is 3.55. The highest BCUT2D eigenvalue weighted by molar-refractivity contribution is 7.99. The van der Waals surface area contributed by atoms with Gasteiger partial charge in [0.05, 0.1) is 29.5 Å². The summed E-state index contributed by atoms with van der Waals surface area (Å²) in [4.78, 5) is 30.4. The number of rotatable bonds is 6. The first-order valence-corrected chi connectivity index (χ1v) is 10.7. The molecule has 0 radical (unpaired) electrons. The average Bonchev–Trinajstić information content (AvgIpc) is 3.25. The molecule has 1 heterocycles. The van der Waals surface area contributed by atoms with Crippen molar-refractivity contribution in [3.05, 3.63) is 58.9 Å². The third-order valence-corrected chi connectivity index (χ3v) is 6.06. The third kappa shape index (κ3) is 4.15. The van der Waals surface area contributed by atoms with Crippen molar-refractivity contribution in [3.63, 3.8) is 0 Å². The van der Waals surface area contributed by atoms with Gasteiger partial charge in [0.15, 0.2) is 5.16 Å². The fourth-order valence-corrected chi connectivity index (χ4v) is 4.52. The molecule has 0 bridgehead atoms. The van der Waals surface area contributed by atoms with Crippen LogP contribution in [0.3, 0.4) is 0 Å². The summed E-state index contributed by atoms with van der Waals surface area (Å²) >= 11 is 1.27. The molecule has 29 heavy (non-hydrogen) atoms. The first-order chi connectivity index (χ1) is 14.2. The molecule has 3 aromatic rings. The van der Waals surface area contributed by atoms with Gasteiger partial charge in [-0.2, -0.15) is 0 Å². The molecule has 4 rings (SSSR count). The quantitative estimate of drug-likeness (QED) is 0.498. The van der Waals surface area contributed by atoms with E-state index in [9.17, 15) is 9.59 Å². The van der Waals surface area contributed by atoms with Crippen LogP contribution in [0, 0.1) is 0 Å². The number of methoxy groups -OCH3 is 1. The highest BCUT2D eigenvalue weighted by atomic mass is 32.2. The highest BCUT2D eigenvalue weighted by Crippen LogP contribution is 2.27. The van der Waals surface area contributed by atoms with Crippen LogP contribution in [0.5, 0.6) is 5.75 Å². The lowest BCUT2D eigenvalue weighted by atomic mass is 10.2. The normalized spacial score (nSPS) is 14.2. The SMILES string of the molecule is COc1ccccc1-n1c(SCC(=O)NC2CCCC2)nc2ccccc2c1=O. The molecular weight excluding hydrogens is 386 g/mol. The molecule has 1 aromatic heterocycles. The Hall–Kier alpha value is -2.80. The van der Waals surface area contributed by atoms with Crippen LogP contribution in [0.1, 0.15) is 25.7 Å². The second kappa shape index (κ2) is 8.69. The van der Waals surface area contributed by atoms with Crippen molar-refractivity contribution in [1.82, 2.24) is 14.9 Å². The Balaban J connectivity index is 1.71. The van der Waals surface area contributed by atoms with Crippen LogP contribution >= 0.6 is 11.8 Å². The Morgan fingerprint density at radius 3 is 2.69 bits per heavy atom. The lowest BCUT2D eigenvalue weighted by Crippen LogP contribution is -2.34. The van der Waals surface area contributed by atoms with Crippen LogP contribution in [-0.2, 0) is 4.79 Å². The molecule has 1 aliphatic carbocycles. The number of hydrogen-bond donors (Lipinski definition) is 1. The van der Waals surface area contributed by atoms with E-state index < -0.39 is 0 Å². The number of benzene rings is 2. The number of carbonyl (C=O) groups is 1. The van der Waals surface area contributed by atoms with Crippen molar-refractivity contribution >= 4 is 28.6 Å². The van der Waals surface area contributed by atoms with E-state index in [4.69, 9.17) is 4.74 Å². The summed E-state index contributed by atoms with van der Waals surface area (Å²) in [6, 6.07) is 14.8. The van der Waals surface area contributed by atoms with E-state index in [0.717, 1.165) is 25.7 Å². The van der Waals surface area contributed by atoms with E-state index in [0.29, 0.717) is 27.5 Å². The van der Waals surface area contributed by atoms with Gasteiger partial charge in [0.2, 0.25) is 5.91 Å². The summed E-state index contributed by atoms with van der Waals surface area (Å²) in [5.74, 6) is 0.746. The molecule has 1 N–H and O–H groups in total. The van der Waals surface area contributed by atoms with E-state index in [2.05, 4.69) is 10.3 Å². The second-order valence-corrected chi connectivity index (χ2v) is 8.00. The molecule has 1 amide bonds. The van der Waals surface area contributed by atoms with Gasteiger partial charge in [0.1, 0.15) is 5.75 Å². The summed E-state index contributed by atoms with van der Waals surface area (Å²) in [7, 11) is 1.57. The number of para-hydroxylation sites is 3. The van der Waals surface area contributed by atoms with E-state index >= 15 is 0 Å². The Bertz CT molecular complexity index is 1090. The second-order valence-electron chi connectivity index (χ2n) is 7.06. The monoisotopic (exact) mass is 409 g/mol. The number of nitrogens with one attached hydrogen (secondary N) is 1. The summed E-state index contributed by atoms with van der Waals surface area (Å²) in [6.07, 6.45) is 4.41. The van der Waals surface area contributed by atoms with E-state index in [-0.39, 0.29) is 23.3 Å². The third-order valence-electron chi connectivity index (χ3n) is 5.12. The van der Waals surface area contributed by atoms with Crippen molar-refractivity contribution in [2.45, 2.75) is 36.9 Å². The van der Waals surface area contributed by atoms with E-state index in [1.54, 1.807) is 19.2 Å². The molecule has 150 valence electrons. The minimum absolute atomic E-state index is 0.0316. The zero-order chi connectivity index (χ0) is 20.2. The smallest absolute Gasteiger partial charge is 0.266 e. The van der Waals surface area contributed by atoms with Gasteiger partial charge in [-0.3, -0.25) is 14.2 Å². The van der Waals surface area contributed by atoms with Crippen molar-refractivity contribution in [2.24, 2.45) is 0 Å². The van der Waals surface area contributed by atoms with E-state index in [1.165, 1.54) is 16.3 Å². The number of fused-ring (bicyclic) bond motifs is 1. The lowest BCUT2D eigenvalue weighted by Gasteiger charge is -2.16. The van der Waals surface area contributed by atoms with E-state index in [1.807, 2.05) is 36.4 Å². The van der Waals surface area contributed by atoms with Crippen molar-refractivity contribution < 1.29 is 9.53 Å². The summed E-state index contributed by atoms with van der Waals surface area (Å²) in [5.41, 5.74) is 1.04. The molecule has 0 saturated heterocycles. The summed E-state index contributed by atoms with van der Waals surface area (Å²) < 4.78 is 7.00. The lowest BCUT2D eigenvalue weighted by molar-refractivity contribution is -0.119. The number of carbonyl (C=O) groups excluding carboxylic acids is 1. The topological polar surface area (TPSA) is 73.2 Å². The molecular formula is C22H23N3O3S. The van der Waals surface area contributed by atoms with Crippen molar-refractivity contribution in [2.75, 3.05) is 12.9 Å². The fourth-order valence-electron chi connectivity index (χ4n) is 3.71. The van der Waals surface area contributed by atoms with Crippen LogP contribution in [0.15, 0.2) is 58.5 Å². The van der Waals surface area contributed by atoms with Gasteiger partial charge >= 0.3 is 0 Å². The zero-order valence-electron chi connectivity index (χ0n) is 16.3. The summed E-state index contributed by atoms with van der Waals surface area (Å²) in [5, 5.41) is 4.08. The number of nitrogens with zero attached hydrogens (tertiary/aromatic N) is 2. The molecule has 7 heteroatoms. The number of thioether (sulfide) groups is 1. The largest absolute Gasteiger partial charge is 0.495 e. The van der Waals surface area contributed by atoms with Gasteiger partial charge in [-0.05, 0) is 37.1 Å². The van der Waals surface area contributed by atoms with Gasteiger partial charge in [-0.15, -0.1) is 0 Å². The number of amides is 1. The molecule has 1 aliphatic rings. The average molecular weight is 410 g/mol. The first-order valence-electron chi connectivity index (χ1n) is 9.74. The molecule has 2 aromatic carbocycles. The number of ether oxygens (including phenoxy) is 1. The zero-order valence-corrected chi connectivity index (χ0v) is 17.1. The maximum atomic E-state index is 13.3. The van der Waals surface area contributed by atoms with Gasteiger partial charge in [0.25, 0.3) is 5.56 Å². The minimum Gasteiger partial charge on any atom is -0.495 e. The predicted molar refractivity (Wildman–Crippen MR) is 115 cm³/mol. The molecule has 0 unspecified atom stereocenters. The highest BCUT2D eigenvalue weighted by Gasteiger charge is 2.20. The Labute approximate surface area is 173 Å². The first kappa shape index (κ1) is 19.5.